The van der Waals surface area contributed by atoms with Crippen LogP contribution in [-0.2, 0) is 5.41 Å². The largest absolute Gasteiger partial charge is 0.309 e. The quantitative estimate of drug-likeness (QED) is 0.175. The van der Waals surface area contributed by atoms with Crippen LogP contribution < -0.4 is 0 Å². The summed E-state index contributed by atoms with van der Waals surface area (Å²) in [6, 6.07) is 69.9. The Balaban J connectivity index is 1.10. The normalized spacial score (nSPS) is 13.1. The van der Waals surface area contributed by atoms with Gasteiger partial charge < -0.3 is 9.13 Å². The van der Waals surface area contributed by atoms with Crippen LogP contribution in [-0.4, -0.2) is 19.1 Å². The van der Waals surface area contributed by atoms with E-state index in [1.165, 1.54) is 65.9 Å². The molecule has 0 aliphatic heterocycles. The summed E-state index contributed by atoms with van der Waals surface area (Å²) >= 11 is 0. The first-order chi connectivity index (χ1) is 29.0. The first-order valence-electron chi connectivity index (χ1n) is 20.3. The van der Waals surface area contributed by atoms with Crippen molar-refractivity contribution < 1.29 is 0 Å². The molecule has 12 rings (SSSR count). The number of hydrogen-bond donors (Lipinski definition) is 0. The monoisotopic (exact) mass is 754 g/mol. The fourth-order valence-electron chi connectivity index (χ4n) is 9.65. The maximum Gasteiger partial charge on any atom is 0.160 e. The van der Waals surface area contributed by atoms with Crippen LogP contribution in [0.15, 0.2) is 194 Å². The van der Waals surface area contributed by atoms with Crippen molar-refractivity contribution in [1.82, 2.24) is 19.1 Å². The first kappa shape index (κ1) is 33.6. The Bertz CT molecular complexity index is 3370. The van der Waals surface area contributed by atoms with E-state index in [9.17, 15) is 0 Å². The van der Waals surface area contributed by atoms with Gasteiger partial charge in [0.05, 0.1) is 33.5 Å². The Morgan fingerprint density at radius 3 is 1.58 bits per heavy atom. The maximum atomic E-state index is 5.14. The van der Waals surface area contributed by atoms with Gasteiger partial charge in [-0.2, -0.15) is 0 Å². The molecule has 0 bridgehead atoms. The van der Waals surface area contributed by atoms with Gasteiger partial charge in [-0.1, -0.05) is 147 Å². The molecule has 0 radical (unpaired) electrons. The molecule has 278 valence electrons. The fraction of sp³-hybridized carbons (Fsp3) is 0.0545. The van der Waals surface area contributed by atoms with E-state index in [2.05, 4.69) is 193 Å². The number of benzene rings is 8. The highest BCUT2D eigenvalue weighted by atomic mass is 15.0. The van der Waals surface area contributed by atoms with E-state index >= 15 is 0 Å². The summed E-state index contributed by atoms with van der Waals surface area (Å²) in [5, 5.41) is 4.96. The van der Waals surface area contributed by atoms with E-state index in [1.807, 2.05) is 24.3 Å². The molecular formula is C55H38N4. The standard InChI is InChI=1S/C55H38N4/c1-55(2)46-24-14-12-22-40(46)42-30-43-45-32-51-44(41-23-13-15-25-50(41)58(51)38-20-10-5-11-21-38)31-52(45)59(53(43)33-47(42)55)39-28-26-36(27-29-39)49-34-48(35-16-6-3-7-17-35)56-54(57-49)37-18-8-4-9-19-37/h3-34H,1-2H3. The fourth-order valence-corrected chi connectivity index (χ4v) is 9.65. The van der Waals surface area contributed by atoms with Gasteiger partial charge in [-0.3, -0.25) is 0 Å². The van der Waals surface area contributed by atoms with Crippen molar-refractivity contribution in [1.29, 1.82) is 0 Å². The summed E-state index contributed by atoms with van der Waals surface area (Å²) in [6.07, 6.45) is 0. The average molecular weight is 755 g/mol. The Labute approximate surface area is 342 Å². The summed E-state index contributed by atoms with van der Waals surface area (Å²) in [5.74, 6) is 0.713. The van der Waals surface area contributed by atoms with Gasteiger partial charge in [0.25, 0.3) is 0 Å². The van der Waals surface area contributed by atoms with Crippen LogP contribution in [0.5, 0.6) is 0 Å². The van der Waals surface area contributed by atoms with Crippen molar-refractivity contribution >= 4 is 43.6 Å². The summed E-state index contributed by atoms with van der Waals surface area (Å²) in [6.45, 7) is 4.73. The molecule has 0 amide bonds. The summed E-state index contributed by atoms with van der Waals surface area (Å²) in [7, 11) is 0. The van der Waals surface area contributed by atoms with E-state index in [-0.39, 0.29) is 5.41 Å². The minimum Gasteiger partial charge on any atom is -0.309 e. The zero-order valence-electron chi connectivity index (χ0n) is 32.8. The SMILES string of the molecule is CC1(C)c2ccccc2-c2cc3c4cc5c(cc4n(-c4ccc(-c6cc(-c7ccccc7)nc(-c7ccccc7)n6)cc4)c3cc21)c1ccccc1n5-c1ccccc1. The summed E-state index contributed by atoms with van der Waals surface area (Å²) in [5.41, 5.74) is 17.2. The molecule has 4 heteroatoms. The molecule has 4 nitrogen and oxygen atoms in total. The van der Waals surface area contributed by atoms with Gasteiger partial charge in [0, 0.05) is 55.0 Å². The zero-order chi connectivity index (χ0) is 39.2. The van der Waals surface area contributed by atoms with Gasteiger partial charge >= 0.3 is 0 Å². The van der Waals surface area contributed by atoms with E-state index in [4.69, 9.17) is 9.97 Å². The molecule has 0 spiro atoms. The number of para-hydroxylation sites is 2. The molecule has 0 atom stereocenters. The van der Waals surface area contributed by atoms with Crippen molar-refractivity contribution in [2.24, 2.45) is 0 Å². The lowest BCUT2D eigenvalue weighted by molar-refractivity contribution is 0.661. The molecule has 0 fully saturated rings. The van der Waals surface area contributed by atoms with Crippen LogP contribution in [0.2, 0.25) is 0 Å². The van der Waals surface area contributed by atoms with Crippen LogP contribution in [0.3, 0.4) is 0 Å². The highest BCUT2D eigenvalue weighted by Gasteiger charge is 2.36. The molecular weight excluding hydrogens is 717 g/mol. The Morgan fingerprint density at radius 2 is 0.864 bits per heavy atom. The van der Waals surface area contributed by atoms with Crippen molar-refractivity contribution in [3.63, 3.8) is 0 Å². The second kappa shape index (κ2) is 12.7. The van der Waals surface area contributed by atoms with Crippen molar-refractivity contribution in [3.8, 4) is 56.4 Å². The third-order valence-electron chi connectivity index (χ3n) is 12.5. The van der Waals surface area contributed by atoms with Gasteiger partial charge in [0.1, 0.15) is 0 Å². The van der Waals surface area contributed by atoms with Crippen LogP contribution in [0.25, 0.3) is 100 Å². The minimum atomic E-state index is -0.129. The van der Waals surface area contributed by atoms with Gasteiger partial charge in [0.15, 0.2) is 5.82 Å². The van der Waals surface area contributed by atoms with E-state index in [0.29, 0.717) is 5.82 Å². The summed E-state index contributed by atoms with van der Waals surface area (Å²) < 4.78 is 4.90. The lowest BCUT2D eigenvalue weighted by atomic mass is 9.82. The molecule has 8 aromatic carbocycles. The predicted octanol–water partition coefficient (Wildman–Crippen LogP) is 14.0. The topological polar surface area (TPSA) is 35.6 Å². The van der Waals surface area contributed by atoms with Gasteiger partial charge in [0.2, 0.25) is 0 Å². The highest BCUT2D eigenvalue weighted by Crippen LogP contribution is 2.51. The number of rotatable bonds is 5. The number of fused-ring (bicyclic) bond motifs is 9. The Kier molecular flexibility index (Phi) is 7.24. The molecule has 0 saturated carbocycles. The first-order valence-corrected chi connectivity index (χ1v) is 20.3. The van der Waals surface area contributed by atoms with Crippen molar-refractivity contribution in [2.45, 2.75) is 19.3 Å². The highest BCUT2D eigenvalue weighted by molar-refractivity contribution is 6.20. The molecule has 59 heavy (non-hydrogen) atoms. The second-order valence-electron chi connectivity index (χ2n) is 16.2. The molecule has 0 unspecified atom stereocenters. The average Bonchev–Trinajstić information content (AvgIpc) is 3.87. The number of nitrogens with zero attached hydrogens (tertiary/aromatic N) is 4. The van der Waals surface area contributed by atoms with Crippen LogP contribution >= 0.6 is 0 Å². The molecule has 1 aliphatic carbocycles. The third kappa shape index (κ3) is 5.09. The van der Waals surface area contributed by atoms with Gasteiger partial charge in [-0.15, -0.1) is 0 Å². The van der Waals surface area contributed by atoms with Crippen molar-refractivity contribution in [3.05, 3.63) is 205 Å². The number of aromatic nitrogens is 4. The molecule has 3 heterocycles. The molecule has 3 aromatic heterocycles. The minimum absolute atomic E-state index is 0.129. The van der Waals surface area contributed by atoms with Crippen LogP contribution in [0.1, 0.15) is 25.0 Å². The van der Waals surface area contributed by atoms with Crippen LogP contribution in [0.4, 0.5) is 0 Å². The number of hydrogen-bond acceptors (Lipinski definition) is 2. The van der Waals surface area contributed by atoms with Gasteiger partial charge in [-0.25, -0.2) is 9.97 Å². The lowest BCUT2D eigenvalue weighted by Gasteiger charge is -2.21. The van der Waals surface area contributed by atoms with E-state index in [1.54, 1.807) is 0 Å². The summed E-state index contributed by atoms with van der Waals surface area (Å²) in [4.78, 5) is 10.2. The molecule has 0 N–H and O–H groups in total. The predicted molar refractivity (Wildman–Crippen MR) is 245 cm³/mol. The van der Waals surface area contributed by atoms with Crippen LogP contribution in [0, 0.1) is 0 Å². The zero-order valence-corrected chi connectivity index (χ0v) is 32.8. The smallest absolute Gasteiger partial charge is 0.160 e. The van der Waals surface area contributed by atoms with Crippen molar-refractivity contribution in [2.75, 3.05) is 0 Å². The Morgan fingerprint density at radius 1 is 0.356 bits per heavy atom. The molecule has 1 aliphatic rings. The van der Waals surface area contributed by atoms with E-state index < -0.39 is 0 Å². The van der Waals surface area contributed by atoms with Gasteiger partial charge in [-0.05, 0) is 82.9 Å². The Hall–Kier alpha value is -7.56. The molecule has 0 saturated heterocycles. The maximum absolute atomic E-state index is 5.14. The lowest BCUT2D eigenvalue weighted by Crippen LogP contribution is -2.14. The van der Waals surface area contributed by atoms with E-state index in [0.717, 1.165) is 39.5 Å². The second-order valence-corrected chi connectivity index (χ2v) is 16.2. The molecule has 11 aromatic rings. The third-order valence-corrected chi connectivity index (χ3v) is 12.5.